The van der Waals surface area contributed by atoms with E-state index in [9.17, 15) is 0 Å². The normalized spacial score (nSPS) is 16.2. The van der Waals surface area contributed by atoms with E-state index in [0.717, 1.165) is 37.7 Å². The van der Waals surface area contributed by atoms with Crippen molar-refractivity contribution in [2.24, 2.45) is 0 Å². The SMILES string of the molecule is Cc1ccc(-n2nc(N3CCN(C)CC3)c3ccccc32)cc1. The Bertz CT molecular complexity index is 811. The highest BCUT2D eigenvalue weighted by atomic mass is 15.4. The summed E-state index contributed by atoms with van der Waals surface area (Å²) in [6.45, 7) is 6.36. The first kappa shape index (κ1) is 14.3. The number of likely N-dealkylation sites (N-methyl/N-ethyl adjacent to an activating group) is 1. The molecule has 23 heavy (non-hydrogen) atoms. The summed E-state index contributed by atoms with van der Waals surface area (Å²) in [5, 5.41) is 6.20. The van der Waals surface area contributed by atoms with Crippen LogP contribution in [0.5, 0.6) is 0 Å². The molecule has 0 amide bonds. The molecule has 0 bridgehead atoms. The van der Waals surface area contributed by atoms with Crippen LogP contribution in [0.15, 0.2) is 48.5 Å². The standard InChI is InChI=1S/C19H22N4/c1-15-7-9-16(10-8-15)23-18-6-4-3-5-17(18)19(20-23)22-13-11-21(2)12-14-22/h3-10H,11-14H2,1-2H3. The number of piperazine rings is 1. The van der Waals surface area contributed by atoms with Gasteiger partial charge in [0.1, 0.15) is 0 Å². The van der Waals surface area contributed by atoms with Gasteiger partial charge >= 0.3 is 0 Å². The second kappa shape index (κ2) is 5.70. The minimum Gasteiger partial charge on any atom is -0.352 e. The van der Waals surface area contributed by atoms with Crippen molar-refractivity contribution < 1.29 is 0 Å². The number of aromatic nitrogens is 2. The highest BCUT2D eigenvalue weighted by molar-refractivity contribution is 5.91. The predicted octanol–water partition coefficient (Wildman–Crippen LogP) is 3.09. The van der Waals surface area contributed by atoms with Gasteiger partial charge in [0, 0.05) is 31.6 Å². The number of aryl methyl sites for hydroxylation is 1. The molecule has 1 fully saturated rings. The molecule has 0 atom stereocenters. The monoisotopic (exact) mass is 306 g/mol. The summed E-state index contributed by atoms with van der Waals surface area (Å²) >= 11 is 0. The summed E-state index contributed by atoms with van der Waals surface area (Å²) in [7, 11) is 2.18. The van der Waals surface area contributed by atoms with Crippen LogP contribution < -0.4 is 4.90 Å². The summed E-state index contributed by atoms with van der Waals surface area (Å²) < 4.78 is 2.07. The molecule has 0 N–H and O–H groups in total. The lowest BCUT2D eigenvalue weighted by atomic mass is 10.2. The first-order chi connectivity index (χ1) is 11.2. The van der Waals surface area contributed by atoms with Crippen molar-refractivity contribution in [2.45, 2.75) is 6.92 Å². The molecule has 4 rings (SSSR count). The van der Waals surface area contributed by atoms with Gasteiger partial charge in [0.2, 0.25) is 0 Å². The van der Waals surface area contributed by atoms with E-state index in [4.69, 9.17) is 5.10 Å². The first-order valence-corrected chi connectivity index (χ1v) is 8.21. The summed E-state index contributed by atoms with van der Waals surface area (Å²) in [6, 6.07) is 17.1. The van der Waals surface area contributed by atoms with Gasteiger partial charge in [0.05, 0.1) is 11.2 Å². The van der Waals surface area contributed by atoms with E-state index in [1.807, 2.05) is 0 Å². The molecular formula is C19H22N4. The lowest BCUT2D eigenvalue weighted by Crippen LogP contribution is -2.44. The van der Waals surface area contributed by atoms with Crippen LogP contribution in [0.2, 0.25) is 0 Å². The number of rotatable bonds is 2. The van der Waals surface area contributed by atoms with Gasteiger partial charge in [-0.15, -0.1) is 5.10 Å². The largest absolute Gasteiger partial charge is 0.352 e. The van der Waals surface area contributed by atoms with Gasteiger partial charge < -0.3 is 9.80 Å². The average Bonchev–Trinajstić information content (AvgIpc) is 2.96. The number of anilines is 1. The van der Waals surface area contributed by atoms with Crippen molar-refractivity contribution in [1.82, 2.24) is 14.7 Å². The van der Waals surface area contributed by atoms with Crippen molar-refractivity contribution in [3.8, 4) is 5.69 Å². The number of fused-ring (bicyclic) bond motifs is 1. The maximum atomic E-state index is 4.96. The molecule has 1 aliphatic rings. The average molecular weight is 306 g/mol. The Hall–Kier alpha value is -2.33. The number of para-hydroxylation sites is 1. The van der Waals surface area contributed by atoms with Crippen LogP contribution in [0.3, 0.4) is 0 Å². The smallest absolute Gasteiger partial charge is 0.159 e. The topological polar surface area (TPSA) is 24.3 Å². The number of hydrogen-bond acceptors (Lipinski definition) is 3. The van der Waals surface area contributed by atoms with Crippen molar-refractivity contribution >= 4 is 16.7 Å². The van der Waals surface area contributed by atoms with E-state index in [2.05, 4.69) is 77.0 Å². The zero-order valence-corrected chi connectivity index (χ0v) is 13.7. The Morgan fingerprint density at radius 2 is 1.57 bits per heavy atom. The fourth-order valence-corrected chi connectivity index (χ4v) is 3.18. The molecule has 3 aromatic rings. The van der Waals surface area contributed by atoms with Crippen LogP contribution in [-0.2, 0) is 0 Å². The second-order valence-electron chi connectivity index (χ2n) is 6.38. The third kappa shape index (κ3) is 2.59. The van der Waals surface area contributed by atoms with Gasteiger partial charge in [-0.25, -0.2) is 4.68 Å². The maximum Gasteiger partial charge on any atom is 0.159 e. The quantitative estimate of drug-likeness (QED) is 0.727. The fraction of sp³-hybridized carbons (Fsp3) is 0.316. The Balaban J connectivity index is 1.81. The molecule has 0 radical (unpaired) electrons. The second-order valence-corrected chi connectivity index (χ2v) is 6.38. The van der Waals surface area contributed by atoms with E-state index < -0.39 is 0 Å². The van der Waals surface area contributed by atoms with Gasteiger partial charge in [-0.1, -0.05) is 29.8 Å². The lowest BCUT2D eigenvalue weighted by Gasteiger charge is -2.32. The van der Waals surface area contributed by atoms with E-state index in [1.165, 1.54) is 16.5 Å². The lowest BCUT2D eigenvalue weighted by molar-refractivity contribution is 0.312. The van der Waals surface area contributed by atoms with Crippen LogP contribution in [0.1, 0.15) is 5.56 Å². The molecule has 118 valence electrons. The molecule has 0 saturated carbocycles. The molecule has 1 saturated heterocycles. The zero-order valence-electron chi connectivity index (χ0n) is 13.7. The Morgan fingerprint density at radius 1 is 0.870 bits per heavy atom. The predicted molar refractivity (Wildman–Crippen MR) is 95.5 cm³/mol. The van der Waals surface area contributed by atoms with E-state index in [0.29, 0.717) is 0 Å². The van der Waals surface area contributed by atoms with E-state index in [-0.39, 0.29) is 0 Å². The maximum absolute atomic E-state index is 4.96. The highest BCUT2D eigenvalue weighted by Gasteiger charge is 2.20. The van der Waals surface area contributed by atoms with Gasteiger partial charge in [0.15, 0.2) is 5.82 Å². The van der Waals surface area contributed by atoms with Crippen molar-refractivity contribution in [1.29, 1.82) is 0 Å². The van der Waals surface area contributed by atoms with Crippen LogP contribution in [0.4, 0.5) is 5.82 Å². The van der Waals surface area contributed by atoms with E-state index >= 15 is 0 Å². The third-order valence-corrected chi connectivity index (χ3v) is 4.65. The summed E-state index contributed by atoms with van der Waals surface area (Å²) in [5.74, 6) is 1.11. The van der Waals surface area contributed by atoms with E-state index in [1.54, 1.807) is 0 Å². The summed E-state index contributed by atoms with van der Waals surface area (Å²) in [5.41, 5.74) is 3.56. The molecule has 1 aromatic heterocycles. The molecule has 0 spiro atoms. The molecule has 4 nitrogen and oxygen atoms in total. The van der Waals surface area contributed by atoms with Gasteiger partial charge in [-0.3, -0.25) is 0 Å². The van der Waals surface area contributed by atoms with Gasteiger partial charge in [-0.2, -0.15) is 0 Å². The van der Waals surface area contributed by atoms with Crippen molar-refractivity contribution in [3.63, 3.8) is 0 Å². The molecule has 2 heterocycles. The molecule has 0 aliphatic carbocycles. The van der Waals surface area contributed by atoms with Crippen LogP contribution in [0, 0.1) is 6.92 Å². The molecular weight excluding hydrogens is 284 g/mol. The van der Waals surface area contributed by atoms with Crippen LogP contribution >= 0.6 is 0 Å². The zero-order chi connectivity index (χ0) is 15.8. The Labute approximate surface area is 136 Å². The number of hydrogen-bond donors (Lipinski definition) is 0. The van der Waals surface area contributed by atoms with Crippen LogP contribution in [0.25, 0.3) is 16.6 Å². The number of benzene rings is 2. The molecule has 0 unspecified atom stereocenters. The van der Waals surface area contributed by atoms with Crippen LogP contribution in [-0.4, -0.2) is 47.9 Å². The summed E-state index contributed by atoms with van der Waals surface area (Å²) in [6.07, 6.45) is 0. The van der Waals surface area contributed by atoms with Gasteiger partial charge in [-0.05, 0) is 38.2 Å². The Morgan fingerprint density at radius 3 is 2.30 bits per heavy atom. The molecule has 4 heteroatoms. The van der Waals surface area contributed by atoms with Crippen molar-refractivity contribution in [3.05, 3.63) is 54.1 Å². The fourth-order valence-electron chi connectivity index (χ4n) is 3.18. The minimum atomic E-state index is 1.03. The minimum absolute atomic E-state index is 1.03. The Kier molecular flexibility index (Phi) is 3.54. The highest BCUT2D eigenvalue weighted by Crippen LogP contribution is 2.29. The molecule has 2 aromatic carbocycles. The van der Waals surface area contributed by atoms with Gasteiger partial charge in [0.25, 0.3) is 0 Å². The third-order valence-electron chi connectivity index (χ3n) is 4.65. The first-order valence-electron chi connectivity index (χ1n) is 8.21. The summed E-state index contributed by atoms with van der Waals surface area (Å²) in [4.78, 5) is 4.78. The molecule has 1 aliphatic heterocycles. The number of nitrogens with zero attached hydrogens (tertiary/aromatic N) is 4. The van der Waals surface area contributed by atoms with Crippen molar-refractivity contribution in [2.75, 3.05) is 38.1 Å².